The van der Waals surface area contributed by atoms with Crippen molar-refractivity contribution < 1.29 is 9.59 Å². The lowest BCUT2D eigenvalue weighted by atomic mass is 10.1. The number of carbonyl (C=O) groups excluding carboxylic acids is 2. The highest BCUT2D eigenvalue weighted by Gasteiger charge is 2.33. The first-order valence-corrected chi connectivity index (χ1v) is 10.8. The number of anilines is 1. The highest BCUT2D eigenvalue weighted by Crippen LogP contribution is 2.31. The fourth-order valence-corrected chi connectivity index (χ4v) is 3.94. The van der Waals surface area contributed by atoms with E-state index in [1.165, 1.54) is 16.9 Å². The van der Waals surface area contributed by atoms with Crippen molar-refractivity contribution >= 4 is 40.4 Å². The van der Waals surface area contributed by atoms with Crippen molar-refractivity contribution in [2.45, 2.75) is 32.4 Å². The topological polar surface area (TPSA) is 49.4 Å². The lowest BCUT2D eigenvalue weighted by Crippen LogP contribution is -2.32. The first-order valence-electron chi connectivity index (χ1n) is 9.52. The summed E-state index contributed by atoms with van der Waals surface area (Å²) in [7, 11) is 0. The van der Waals surface area contributed by atoms with Crippen LogP contribution in [-0.4, -0.2) is 22.8 Å². The largest absolute Gasteiger partial charge is 0.331 e. The smallest absolute Gasteiger partial charge is 0.265 e. The van der Waals surface area contributed by atoms with Crippen LogP contribution in [0.2, 0.25) is 5.02 Å². The van der Waals surface area contributed by atoms with Crippen LogP contribution in [0.5, 0.6) is 0 Å². The Labute approximate surface area is 179 Å². The molecule has 3 aromatic rings. The van der Waals surface area contributed by atoms with Gasteiger partial charge in [0.25, 0.3) is 11.8 Å². The summed E-state index contributed by atoms with van der Waals surface area (Å²) in [6.45, 7) is 2.62. The standard InChI is InChI=1S/C23H21ClN2O2S/c1-15-4-6-16(7-5-15)14-26(18-9-10-18)23(28)17-8-11-19(24)20(13-17)25-22(27)21-3-2-12-29-21/h2-8,11-13,18H,9-10,14H2,1H3,(H,25,27). The van der Waals surface area contributed by atoms with Gasteiger partial charge in [-0.15, -0.1) is 11.3 Å². The van der Waals surface area contributed by atoms with Crippen LogP contribution < -0.4 is 5.32 Å². The fourth-order valence-electron chi connectivity index (χ4n) is 3.15. The molecule has 0 spiro atoms. The molecule has 1 saturated carbocycles. The average Bonchev–Trinajstić information content (AvgIpc) is 3.40. The van der Waals surface area contributed by atoms with Crippen LogP contribution in [0.15, 0.2) is 60.0 Å². The van der Waals surface area contributed by atoms with Gasteiger partial charge in [-0.25, -0.2) is 0 Å². The van der Waals surface area contributed by atoms with Crippen LogP contribution in [0, 0.1) is 6.92 Å². The number of hydrogen-bond acceptors (Lipinski definition) is 3. The molecule has 0 unspecified atom stereocenters. The predicted octanol–water partition coefficient (Wildman–Crippen LogP) is 5.77. The van der Waals surface area contributed by atoms with Gasteiger partial charge in [-0.3, -0.25) is 9.59 Å². The van der Waals surface area contributed by atoms with Gasteiger partial charge in [0.2, 0.25) is 0 Å². The number of halogens is 1. The summed E-state index contributed by atoms with van der Waals surface area (Å²) in [6, 6.07) is 17.1. The summed E-state index contributed by atoms with van der Waals surface area (Å²) in [6.07, 6.45) is 2.04. The third-order valence-corrected chi connectivity index (χ3v) is 6.13. The summed E-state index contributed by atoms with van der Waals surface area (Å²) >= 11 is 7.62. The van der Waals surface area contributed by atoms with E-state index in [2.05, 4.69) is 29.6 Å². The van der Waals surface area contributed by atoms with Crippen LogP contribution in [0.3, 0.4) is 0 Å². The van der Waals surface area contributed by atoms with E-state index in [0.29, 0.717) is 27.7 Å². The molecule has 1 aromatic heterocycles. The second-order valence-corrected chi connectivity index (χ2v) is 8.63. The molecule has 0 radical (unpaired) electrons. The number of hydrogen-bond donors (Lipinski definition) is 1. The maximum atomic E-state index is 13.2. The van der Waals surface area contributed by atoms with Crippen molar-refractivity contribution in [3.05, 3.63) is 86.6 Å². The molecule has 4 rings (SSSR count). The van der Waals surface area contributed by atoms with Crippen molar-refractivity contribution in [3.8, 4) is 0 Å². The van der Waals surface area contributed by atoms with E-state index in [-0.39, 0.29) is 17.9 Å². The van der Waals surface area contributed by atoms with E-state index in [1.54, 1.807) is 24.3 Å². The Balaban J connectivity index is 1.55. The molecule has 2 aromatic carbocycles. The maximum absolute atomic E-state index is 13.2. The molecular weight excluding hydrogens is 404 g/mol. The van der Waals surface area contributed by atoms with Gasteiger partial charge in [0.15, 0.2) is 0 Å². The van der Waals surface area contributed by atoms with Crippen molar-refractivity contribution in [1.82, 2.24) is 4.90 Å². The molecule has 0 saturated heterocycles. The van der Waals surface area contributed by atoms with Gasteiger partial charge in [-0.2, -0.15) is 0 Å². The van der Waals surface area contributed by atoms with E-state index in [4.69, 9.17) is 11.6 Å². The van der Waals surface area contributed by atoms with E-state index in [9.17, 15) is 9.59 Å². The van der Waals surface area contributed by atoms with Gasteiger partial charge < -0.3 is 10.2 Å². The van der Waals surface area contributed by atoms with E-state index in [0.717, 1.165) is 18.4 Å². The number of aryl methyl sites for hydroxylation is 1. The van der Waals surface area contributed by atoms with Crippen LogP contribution in [0.25, 0.3) is 0 Å². The molecular formula is C23H21ClN2O2S. The Morgan fingerprint density at radius 3 is 2.55 bits per heavy atom. The second-order valence-electron chi connectivity index (χ2n) is 7.28. The summed E-state index contributed by atoms with van der Waals surface area (Å²) in [5.41, 5.74) is 3.27. The first-order chi connectivity index (χ1) is 14.0. The van der Waals surface area contributed by atoms with Crippen molar-refractivity contribution in [3.63, 3.8) is 0 Å². The summed E-state index contributed by atoms with van der Waals surface area (Å²) in [5.74, 6) is -0.276. The molecule has 0 bridgehead atoms. The molecule has 1 fully saturated rings. The van der Waals surface area contributed by atoms with E-state index in [1.807, 2.05) is 23.3 Å². The first kappa shape index (κ1) is 19.7. The Morgan fingerprint density at radius 1 is 1.14 bits per heavy atom. The lowest BCUT2D eigenvalue weighted by molar-refractivity contribution is 0.0729. The second kappa shape index (κ2) is 8.39. The molecule has 6 heteroatoms. The number of amides is 2. The third-order valence-electron chi connectivity index (χ3n) is 4.93. The quantitative estimate of drug-likeness (QED) is 0.546. The van der Waals surface area contributed by atoms with Crippen LogP contribution in [0.4, 0.5) is 5.69 Å². The van der Waals surface area contributed by atoms with Gasteiger partial charge in [0.1, 0.15) is 0 Å². The molecule has 1 aliphatic rings. The Hall–Kier alpha value is -2.63. The van der Waals surface area contributed by atoms with E-state index >= 15 is 0 Å². The molecule has 4 nitrogen and oxygen atoms in total. The van der Waals surface area contributed by atoms with Crippen LogP contribution >= 0.6 is 22.9 Å². The normalized spacial score (nSPS) is 13.2. The summed E-state index contributed by atoms with van der Waals surface area (Å²) in [5, 5.41) is 5.06. The number of nitrogens with zero attached hydrogens (tertiary/aromatic N) is 1. The number of thiophene rings is 1. The Kier molecular flexibility index (Phi) is 5.69. The zero-order valence-corrected chi connectivity index (χ0v) is 17.6. The Morgan fingerprint density at radius 2 is 1.90 bits per heavy atom. The van der Waals surface area contributed by atoms with Gasteiger partial charge >= 0.3 is 0 Å². The van der Waals surface area contributed by atoms with Crippen LogP contribution in [0.1, 0.15) is 44.0 Å². The molecule has 1 aliphatic carbocycles. The lowest BCUT2D eigenvalue weighted by Gasteiger charge is -2.23. The molecule has 0 aliphatic heterocycles. The molecule has 29 heavy (non-hydrogen) atoms. The molecule has 0 atom stereocenters. The van der Waals surface area contributed by atoms with Gasteiger partial charge in [0.05, 0.1) is 15.6 Å². The molecule has 148 valence electrons. The number of carbonyl (C=O) groups is 2. The third kappa shape index (κ3) is 4.69. The number of rotatable bonds is 6. The SMILES string of the molecule is Cc1ccc(CN(C(=O)c2ccc(Cl)c(NC(=O)c3cccs3)c2)C2CC2)cc1. The highest BCUT2D eigenvalue weighted by atomic mass is 35.5. The summed E-state index contributed by atoms with van der Waals surface area (Å²) in [4.78, 5) is 28.1. The fraction of sp³-hybridized carbons (Fsp3) is 0.217. The van der Waals surface area contributed by atoms with Crippen molar-refractivity contribution in [2.75, 3.05) is 5.32 Å². The number of benzene rings is 2. The van der Waals surface area contributed by atoms with Gasteiger partial charge in [-0.05, 0) is 55.0 Å². The minimum atomic E-state index is -0.231. The maximum Gasteiger partial charge on any atom is 0.265 e. The van der Waals surface area contributed by atoms with Gasteiger partial charge in [0, 0.05) is 18.2 Å². The van der Waals surface area contributed by atoms with Crippen LogP contribution in [-0.2, 0) is 6.54 Å². The zero-order chi connectivity index (χ0) is 20.4. The zero-order valence-electron chi connectivity index (χ0n) is 16.0. The minimum absolute atomic E-state index is 0.0450. The minimum Gasteiger partial charge on any atom is -0.331 e. The van der Waals surface area contributed by atoms with E-state index < -0.39 is 0 Å². The average molecular weight is 425 g/mol. The van der Waals surface area contributed by atoms with Gasteiger partial charge in [-0.1, -0.05) is 47.5 Å². The predicted molar refractivity (Wildman–Crippen MR) is 118 cm³/mol. The van der Waals surface area contributed by atoms with Crippen molar-refractivity contribution in [1.29, 1.82) is 0 Å². The monoisotopic (exact) mass is 424 g/mol. The Bertz CT molecular complexity index is 1030. The number of nitrogens with one attached hydrogen (secondary N) is 1. The molecule has 1 heterocycles. The molecule has 2 amide bonds. The summed E-state index contributed by atoms with van der Waals surface area (Å²) < 4.78 is 0. The van der Waals surface area contributed by atoms with Crippen molar-refractivity contribution in [2.24, 2.45) is 0 Å². The molecule has 1 N–H and O–H groups in total. The highest BCUT2D eigenvalue weighted by molar-refractivity contribution is 7.12.